The number of hydrogen-bond acceptors (Lipinski definition) is 5. The molecule has 0 bridgehead atoms. The van der Waals surface area contributed by atoms with Crippen LogP contribution in [0.2, 0.25) is 0 Å². The Morgan fingerprint density at radius 1 is 1.56 bits per heavy atom. The monoisotopic (exact) mass is 265 g/mol. The summed E-state index contributed by atoms with van der Waals surface area (Å²) in [6.45, 7) is 2.23. The standard InChI is InChI=1S/C12H15N3O2S/c1-3-17-10(16)5-4-9-8-18-12(14-9)11-13-6-7-15(11)2/h6-8H,3-5H2,1-2H3. The van der Waals surface area contributed by atoms with Crippen LogP contribution < -0.4 is 0 Å². The second-order valence-electron chi connectivity index (χ2n) is 3.81. The number of aryl methyl sites for hydroxylation is 2. The Labute approximate surface area is 109 Å². The molecule has 2 heterocycles. The van der Waals surface area contributed by atoms with Crippen molar-refractivity contribution in [1.29, 1.82) is 0 Å². The fourth-order valence-corrected chi connectivity index (χ4v) is 2.45. The van der Waals surface area contributed by atoms with Crippen molar-refractivity contribution in [2.75, 3.05) is 6.61 Å². The van der Waals surface area contributed by atoms with E-state index >= 15 is 0 Å². The fraction of sp³-hybridized carbons (Fsp3) is 0.417. The van der Waals surface area contributed by atoms with Gasteiger partial charge in [-0.2, -0.15) is 0 Å². The van der Waals surface area contributed by atoms with Gasteiger partial charge in [-0.1, -0.05) is 0 Å². The van der Waals surface area contributed by atoms with Crippen molar-refractivity contribution in [1.82, 2.24) is 14.5 Å². The third-order valence-corrected chi connectivity index (χ3v) is 3.34. The lowest BCUT2D eigenvalue weighted by molar-refractivity contribution is -0.143. The molecule has 2 aromatic rings. The van der Waals surface area contributed by atoms with Gasteiger partial charge in [-0.3, -0.25) is 4.79 Å². The summed E-state index contributed by atoms with van der Waals surface area (Å²) in [7, 11) is 1.93. The van der Waals surface area contributed by atoms with Crippen LogP contribution in [0.25, 0.3) is 10.8 Å². The van der Waals surface area contributed by atoms with Gasteiger partial charge in [-0.05, 0) is 6.92 Å². The number of rotatable bonds is 5. The minimum Gasteiger partial charge on any atom is -0.466 e. The molecule has 0 saturated carbocycles. The van der Waals surface area contributed by atoms with Gasteiger partial charge in [0.2, 0.25) is 0 Å². The minimum atomic E-state index is -0.177. The summed E-state index contributed by atoms with van der Waals surface area (Å²) in [5, 5.41) is 2.84. The molecule has 2 aromatic heterocycles. The van der Waals surface area contributed by atoms with Gasteiger partial charge < -0.3 is 9.30 Å². The molecule has 0 aliphatic heterocycles. The highest BCUT2D eigenvalue weighted by Gasteiger charge is 2.10. The number of carbonyl (C=O) groups is 1. The predicted molar refractivity (Wildman–Crippen MR) is 69.3 cm³/mol. The maximum Gasteiger partial charge on any atom is 0.306 e. The lowest BCUT2D eigenvalue weighted by atomic mass is 10.2. The van der Waals surface area contributed by atoms with Gasteiger partial charge in [0.15, 0.2) is 10.8 Å². The van der Waals surface area contributed by atoms with Crippen LogP contribution in [0.1, 0.15) is 19.0 Å². The maximum absolute atomic E-state index is 11.2. The maximum atomic E-state index is 11.2. The molecule has 18 heavy (non-hydrogen) atoms. The van der Waals surface area contributed by atoms with E-state index in [4.69, 9.17) is 4.74 Å². The number of nitrogens with zero attached hydrogens (tertiary/aromatic N) is 3. The number of esters is 1. The Kier molecular flexibility index (Phi) is 4.09. The molecule has 0 aliphatic carbocycles. The van der Waals surface area contributed by atoms with Crippen LogP contribution in [-0.2, 0) is 23.0 Å². The molecule has 2 rings (SSSR count). The number of aromatic nitrogens is 3. The van der Waals surface area contributed by atoms with Gasteiger partial charge in [0.05, 0.1) is 18.7 Å². The third kappa shape index (κ3) is 2.95. The molecule has 0 N–H and O–H groups in total. The smallest absolute Gasteiger partial charge is 0.306 e. The van der Waals surface area contributed by atoms with E-state index in [0.717, 1.165) is 16.5 Å². The Balaban J connectivity index is 1.99. The van der Waals surface area contributed by atoms with Crippen molar-refractivity contribution >= 4 is 17.3 Å². The van der Waals surface area contributed by atoms with Crippen LogP contribution in [0.5, 0.6) is 0 Å². The van der Waals surface area contributed by atoms with Crippen molar-refractivity contribution in [3.05, 3.63) is 23.5 Å². The fourth-order valence-electron chi connectivity index (χ4n) is 1.56. The molecule has 0 saturated heterocycles. The van der Waals surface area contributed by atoms with E-state index in [2.05, 4.69) is 9.97 Å². The van der Waals surface area contributed by atoms with E-state index in [9.17, 15) is 4.79 Å². The van der Waals surface area contributed by atoms with E-state index in [1.165, 1.54) is 11.3 Å². The van der Waals surface area contributed by atoms with E-state index in [1.54, 1.807) is 13.1 Å². The molecule has 0 atom stereocenters. The average molecular weight is 265 g/mol. The Morgan fingerprint density at radius 3 is 3.06 bits per heavy atom. The van der Waals surface area contributed by atoms with Crippen molar-refractivity contribution in [2.45, 2.75) is 19.8 Å². The molecule has 0 radical (unpaired) electrons. The summed E-state index contributed by atoms with van der Waals surface area (Å²) in [5.74, 6) is 0.673. The van der Waals surface area contributed by atoms with E-state index < -0.39 is 0 Å². The minimum absolute atomic E-state index is 0.177. The summed E-state index contributed by atoms with van der Waals surface area (Å²) in [5.41, 5.74) is 0.908. The summed E-state index contributed by atoms with van der Waals surface area (Å²) >= 11 is 1.54. The molecule has 5 nitrogen and oxygen atoms in total. The summed E-state index contributed by atoms with van der Waals surface area (Å²) in [6.07, 6.45) is 4.61. The molecular weight excluding hydrogens is 250 g/mol. The molecule has 0 fully saturated rings. The summed E-state index contributed by atoms with van der Waals surface area (Å²) in [6, 6.07) is 0. The van der Waals surface area contributed by atoms with Gasteiger partial charge in [-0.25, -0.2) is 9.97 Å². The van der Waals surface area contributed by atoms with E-state index in [1.807, 2.05) is 23.2 Å². The summed E-state index contributed by atoms with van der Waals surface area (Å²) in [4.78, 5) is 20.0. The zero-order valence-corrected chi connectivity index (χ0v) is 11.2. The zero-order chi connectivity index (χ0) is 13.0. The van der Waals surface area contributed by atoms with E-state index in [0.29, 0.717) is 19.4 Å². The molecule has 6 heteroatoms. The van der Waals surface area contributed by atoms with Crippen LogP contribution in [0.3, 0.4) is 0 Å². The number of ether oxygens (including phenoxy) is 1. The third-order valence-electron chi connectivity index (χ3n) is 2.45. The highest BCUT2D eigenvalue weighted by molar-refractivity contribution is 7.13. The van der Waals surface area contributed by atoms with Crippen LogP contribution in [0.4, 0.5) is 0 Å². The zero-order valence-electron chi connectivity index (χ0n) is 10.4. The number of imidazole rings is 1. The highest BCUT2D eigenvalue weighted by Crippen LogP contribution is 2.22. The van der Waals surface area contributed by atoms with Gasteiger partial charge in [0.1, 0.15) is 0 Å². The first kappa shape index (κ1) is 12.8. The van der Waals surface area contributed by atoms with E-state index in [-0.39, 0.29) is 5.97 Å². The molecule has 96 valence electrons. The van der Waals surface area contributed by atoms with Crippen molar-refractivity contribution in [3.63, 3.8) is 0 Å². The molecule has 0 aliphatic rings. The summed E-state index contributed by atoms with van der Waals surface area (Å²) < 4.78 is 6.81. The molecule has 0 amide bonds. The molecule has 0 unspecified atom stereocenters. The number of hydrogen-bond donors (Lipinski definition) is 0. The molecular formula is C12H15N3O2S. The normalized spacial score (nSPS) is 10.6. The van der Waals surface area contributed by atoms with Crippen molar-refractivity contribution in [2.24, 2.45) is 7.05 Å². The number of thiazole rings is 1. The topological polar surface area (TPSA) is 57.0 Å². The lowest BCUT2D eigenvalue weighted by Crippen LogP contribution is -2.05. The molecule has 0 aromatic carbocycles. The van der Waals surface area contributed by atoms with Crippen LogP contribution in [0.15, 0.2) is 17.8 Å². The van der Waals surface area contributed by atoms with Gasteiger partial charge in [-0.15, -0.1) is 11.3 Å². The first-order chi connectivity index (χ1) is 8.70. The quantitative estimate of drug-likeness (QED) is 0.776. The Bertz CT molecular complexity index is 533. The average Bonchev–Trinajstić information content (AvgIpc) is 2.95. The molecule has 0 spiro atoms. The second kappa shape index (κ2) is 5.77. The van der Waals surface area contributed by atoms with Crippen LogP contribution >= 0.6 is 11.3 Å². The Hall–Kier alpha value is -1.69. The van der Waals surface area contributed by atoms with Crippen LogP contribution in [-0.4, -0.2) is 27.1 Å². The first-order valence-electron chi connectivity index (χ1n) is 5.78. The SMILES string of the molecule is CCOC(=O)CCc1csc(-c2nccn2C)n1. The van der Waals surface area contributed by atoms with Crippen LogP contribution in [0, 0.1) is 0 Å². The lowest BCUT2D eigenvalue weighted by Gasteiger charge is -1.99. The van der Waals surface area contributed by atoms with Crippen molar-refractivity contribution < 1.29 is 9.53 Å². The van der Waals surface area contributed by atoms with Gasteiger partial charge >= 0.3 is 5.97 Å². The number of carbonyl (C=O) groups excluding carboxylic acids is 1. The predicted octanol–water partition coefficient (Wildman–Crippen LogP) is 2.04. The van der Waals surface area contributed by atoms with Gasteiger partial charge in [0.25, 0.3) is 0 Å². The Morgan fingerprint density at radius 2 is 2.39 bits per heavy atom. The highest BCUT2D eigenvalue weighted by atomic mass is 32.1. The largest absolute Gasteiger partial charge is 0.466 e. The van der Waals surface area contributed by atoms with Gasteiger partial charge in [0, 0.05) is 31.2 Å². The van der Waals surface area contributed by atoms with Crippen molar-refractivity contribution in [3.8, 4) is 10.8 Å². The first-order valence-corrected chi connectivity index (χ1v) is 6.66. The second-order valence-corrected chi connectivity index (χ2v) is 4.67.